The van der Waals surface area contributed by atoms with E-state index < -0.39 is 27.8 Å². The molecule has 0 saturated heterocycles. The van der Waals surface area contributed by atoms with E-state index in [4.69, 9.17) is 9.47 Å². The molecule has 0 aliphatic heterocycles. The van der Waals surface area contributed by atoms with E-state index in [0.717, 1.165) is 3.57 Å². The van der Waals surface area contributed by atoms with E-state index in [9.17, 15) is 24.5 Å². The summed E-state index contributed by atoms with van der Waals surface area (Å²) in [5, 5.41) is 11.2. The lowest BCUT2D eigenvalue weighted by atomic mass is 10.1. The van der Waals surface area contributed by atoms with Crippen LogP contribution in [0.15, 0.2) is 52.1 Å². The van der Waals surface area contributed by atoms with Crippen LogP contribution in [0.2, 0.25) is 0 Å². The molecule has 2 aromatic carbocycles. The van der Waals surface area contributed by atoms with Crippen molar-refractivity contribution in [1.82, 2.24) is 9.97 Å². The number of hydrogen-bond donors (Lipinski definition) is 2. The SMILES string of the molecule is CCOc1cc(/C=C/c2[nH]c(=O)[nH]c(=O)c2[N+](=O)[O-])ccc1OC(=O)c1ccccc1I. The van der Waals surface area contributed by atoms with Crippen LogP contribution in [-0.4, -0.2) is 27.5 Å². The third-order valence-electron chi connectivity index (χ3n) is 4.13. The van der Waals surface area contributed by atoms with Gasteiger partial charge in [0.1, 0.15) is 5.69 Å². The average Bonchev–Trinajstić information content (AvgIpc) is 2.73. The zero-order chi connectivity index (χ0) is 23.3. The van der Waals surface area contributed by atoms with Gasteiger partial charge in [-0.3, -0.25) is 19.9 Å². The van der Waals surface area contributed by atoms with Crippen LogP contribution < -0.4 is 20.7 Å². The highest BCUT2D eigenvalue weighted by Gasteiger charge is 2.19. The van der Waals surface area contributed by atoms with Gasteiger partial charge in [0, 0.05) is 3.57 Å². The monoisotopic (exact) mass is 549 g/mol. The second kappa shape index (κ2) is 10.0. The number of nitrogens with one attached hydrogen (secondary N) is 2. The van der Waals surface area contributed by atoms with Crippen LogP contribution >= 0.6 is 22.6 Å². The van der Waals surface area contributed by atoms with Gasteiger partial charge in [0.15, 0.2) is 11.5 Å². The molecule has 11 heteroatoms. The summed E-state index contributed by atoms with van der Waals surface area (Å²) in [4.78, 5) is 50.1. The predicted octanol–water partition coefficient (Wildman–Crippen LogP) is 3.36. The molecule has 32 heavy (non-hydrogen) atoms. The Morgan fingerprint density at radius 1 is 1.12 bits per heavy atom. The Morgan fingerprint density at radius 2 is 1.88 bits per heavy atom. The Morgan fingerprint density at radius 3 is 2.56 bits per heavy atom. The van der Waals surface area contributed by atoms with Gasteiger partial charge in [-0.1, -0.05) is 24.3 Å². The Labute approximate surface area is 194 Å². The minimum absolute atomic E-state index is 0.198. The van der Waals surface area contributed by atoms with Crippen molar-refractivity contribution in [1.29, 1.82) is 0 Å². The first-order valence-corrected chi connectivity index (χ1v) is 10.3. The first-order valence-electron chi connectivity index (χ1n) is 9.22. The van der Waals surface area contributed by atoms with Gasteiger partial charge in [0.25, 0.3) is 0 Å². The summed E-state index contributed by atoms with van der Waals surface area (Å²) >= 11 is 2.04. The average molecular weight is 549 g/mol. The van der Waals surface area contributed by atoms with E-state index in [1.54, 1.807) is 37.3 Å². The smallest absolute Gasteiger partial charge is 0.357 e. The maximum absolute atomic E-state index is 12.5. The number of ether oxygens (including phenoxy) is 2. The maximum Gasteiger partial charge on any atom is 0.357 e. The van der Waals surface area contributed by atoms with Crippen LogP contribution in [-0.2, 0) is 0 Å². The van der Waals surface area contributed by atoms with E-state index in [2.05, 4.69) is 4.98 Å². The number of carbonyl (C=O) groups excluding carboxylic acids is 1. The number of carbonyl (C=O) groups is 1. The first-order chi connectivity index (χ1) is 15.3. The van der Waals surface area contributed by atoms with Crippen LogP contribution in [0, 0.1) is 13.7 Å². The molecular formula is C21H16IN3O7. The van der Waals surface area contributed by atoms with Gasteiger partial charge >= 0.3 is 22.9 Å². The number of halogens is 1. The number of H-pyrrole nitrogens is 2. The molecule has 2 N–H and O–H groups in total. The second-order valence-corrected chi connectivity index (χ2v) is 7.43. The lowest BCUT2D eigenvalue weighted by Gasteiger charge is -2.12. The molecule has 10 nitrogen and oxygen atoms in total. The number of nitrogens with zero attached hydrogens (tertiary/aromatic N) is 1. The van der Waals surface area contributed by atoms with Crippen LogP contribution in [0.4, 0.5) is 5.69 Å². The highest BCUT2D eigenvalue weighted by molar-refractivity contribution is 14.1. The van der Waals surface area contributed by atoms with Crippen molar-refractivity contribution >= 4 is 46.4 Å². The summed E-state index contributed by atoms with van der Waals surface area (Å²) in [5.41, 5.74) is -2.08. The van der Waals surface area contributed by atoms with Crippen molar-refractivity contribution in [2.24, 2.45) is 0 Å². The standard InChI is InChI=1S/C21H16IN3O7/c1-2-31-17-11-12(7-9-15-18(25(29)30)19(26)24-21(28)23-15)8-10-16(17)32-20(27)13-5-3-4-6-14(13)22/h3-11H,2H2,1H3,(H2,23,24,26,28)/b9-7+. The predicted molar refractivity (Wildman–Crippen MR) is 125 cm³/mol. The summed E-state index contributed by atoms with van der Waals surface area (Å²) in [7, 11) is 0. The molecule has 0 fully saturated rings. The number of esters is 1. The molecule has 0 unspecified atom stereocenters. The summed E-state index contributed by atoms with van der Waals surface area (Å²) < 4.78 is 11.8. The van der Waals surface area contributed by atoms with Gasteiger partial charge in [-0.25, -0.2) is 9.59 Å². The minimum atomic E-state index is -1.11. The molecular weight excluding hydrogens is 533 g/mol. The van der Waals surface area contributed by atoms with Crippen molar-refractivity contribution in [2.45, 2.75) is 6.92 Å². The molecule has 164 valence electrons. The minimum Gasteiger partial charge on any atom is -0.490 e. The van der Waals surface area contributed by atoms with Crippen molar-refractivity contribution in [2.75, 3.05) is 6.61 Å². The van der Waals surface area contributed by atoms with E-state index in [1.807, 2.05) is 33.6 Å². The summed E-state index contributed by atoms with van der Waals surface area (Å²) in [6, 6.07) is 11.7. The van der Waals surface area contributed by atoms with Gasteiger partial charge in [-0.05, 0) is 65.4 Å². The second-order valence-electron chi connectivity index (χ2n) is 6.27. The van der Waals surface area contributed by atoms with E-state index in [0.29, 0.717) is 17.7 Å². The molecule has 0 saturated carbocycles. The molecule has 0 spiro atoms. The molecule has 0 aliphatic rings. The summed E-state index contributed by atoms with van der Waals surface area (Å²) in [5.74, 6) is -0.0667. The first kappa shape index (κ1) is 22.9. The van der Waals surface area contributed by atoms with Crippen molar-refractivity contribution in [3.8, 4) is 11.5 Å². The van der Waals surface area contributed by atoms with E-state index >= 15 is 0 Å². The Balaban J connectivity index is 1.92. The highest BCUT2D eigenvalue weighted by atomic mass is 127. The number of nitro groups is 1. The number of rotatable bonds is 7. The summed E-state index contributed by atoms with van der Waals surface area (Å²) in [6.45, 7) is 2.06. The largest absolute Gasteiger partial charge is 0.490 e. The van der Waals surface area contributed by atoms with Crippen LogP contribution in [0.1, 0.15) is 28.5 Å². The number of aromatic nitrogens is 2. The molecule has 3 rings (SSSR count). The molecule has 0 amide bonds. The third-order valence-corrected chi connectivity index (χ3v) is 5.08. The van der Waals surface area contributed by atoms with Crippen molar-refractivity contribution < 1.29 is 19.2 Å². The van der Waals surface area contributed by atoms with Gasteiger partial charge in [0.05, 0.1) is 17.1 Å². The number of aromatic amines is 2. The number of hydrogen-bond acceptors (Lipinski definition) is 7. The van der Waals surface area contributed by atoms with Crippen LogP contribution in [0.3, 0.4) is 0 Å². The van der Waals surface area contributed by atoms with Gasteiger partial charge in [-0.15, -0.1) is 0 Å². The van der Waals surface area contributed by atoms with Gasteiger partial charge in [-0.2, -0.15) is 0 Å². The van der Waals surface area contributed by atoms with Crippen LogP contribution in [0.5, 0.6) is 11.5 Å². The third kappa shape index (κ3) is 5.29. The quantitative estimate of drug-likeness (QED) is 0.151. The van der Waals surface area contributed by atoms with E-state index in [-0.39, 0.29) is 17.2 Å². The topological polar surface area (TPSA) is 144 Å². The zero-order valence-corrected chi connectivity index (χ0v) is 18.7. The molecule has 0 atom stereocenters. The zero-order valence-electron chi connectivity index (χ0n) is 16.6. The fourth-order valence-electron chi connectivity index (χ4n) is 2.74. The Kier molecular flexibility index (Phi) is 7.20. The van der Waals surface area contributed by atoms with E-state index in [1.165, 1.54) is 18.2 Å². The lowest BCUT2D eigenvalue weighted by molar-refractivity contribution is -0.386. The number of benzene rings is 2. The normalized spacial score (nSPS) is 10.8. The van der Waals surface area contributed by atoms with Gasteiger partial charge < -0.3 is 14.5 Å². The molecule has 1 aromatic heterocycles. The van der Waals surface area contributed by atoms with Crippen molar-refractivity contribution in [3.63, 3.8) is 0 Å². The molecule has 0 radical (unpaired) electrons. The fraction of sp³-hybridized carbons (Fsp3) is 0.0952. The maximum atomic E-state index is 12.5. The highest BCUT2D eigenvalue weighted by Crippen LogP contribution is 2.30. The van der Waals surface area contributed by atoms with Crippen LogP contribution in [0.25, 0.3) is 12.2 Å². The fourth-order valence-corrected chi connectivity index (χ4v) is 3.35. The van der Waals surface area contributed by atoms with Gasteiger partial charge in [0.2, 0.25) is 0 Å². The molecule has 3 aromatic rings. The molecule has 0 bridgehead atoms. The molecule has 1 heterocycles. The Hall–Kier alpha value is -3.74. The lowest BCUT2D eigenvalue weighted by Crippen LogP contribution is -2.25. The van der Waals surface area contributed by atoms with Crippen molar-refractivity contribution in [3.05, 3.63) is 93.8 Å². The summed E-state index contributed by atoms with van der Waals surface area (Å²) in [6.07, 6.45) is 2.68. The molecule has 0 aliphatic carbocycles. The Bertz CT molecular complexity index is 1330.